The van der Waals surface area contributed by atoms with Crippen molar-refractivity contribution in [2.24, 2.45) is 11.7 Å². The van der Waals surface area contributed by atoms with E-state index in [1.54, 1.807) is 0 Å². The second kappa shape index (κ2) is 2.76. The van der Waals surface area contributed by atoms with Crippen molar-refractivity contribution in [2.75, 3.05) is 13.1 Å². The van der Waals surface area contributed by atoms with E-state index in [1.165, 1.54) is 25.8 Å². The SMILES string of the molecule is CC1CC(N2CC[C@@H](N)C2)C1. The maximum Gasteiger partial charge on any atom is 0.0180 e. The molecular weight excluding hydrogens is 136 g/mol. The number of rotatable bonds is 1. The molecule has 1 aliphatic heterocycles. The van der Waals surface area contributed by atoms with Gasteiger partial charge in [-0.05, 0) is 25.2 Å². The van der Waals surface area contributed by atoms with Crippen LogP contribution in [0.15, 0.2) is 0 Å². The highest BCUT2D eigenvalue weighted by atomic mass is 15.2. The highest BCUT2D eigenvalue weighted by Crippen LogP contribution is 2.32. The standard InChI is InChI=1S/C9H18N2/c1-7-4-9(5-7)11-3-2-8(10)6-11/h7-9H,2-6,10H2,1H3/t7?,8-,9?/m1/s1. The number of hydrogen-bond acceptors (Lipinski definition) is 2. The number of nitrogens with two attached hydrogens (primary N) is 1. The van der Waals surface area contributed by atoms with E-state index in [0.29, 0.717) is 6.04 Å². The van der Waals surface area contributed by atoms with Gasteiger partial charge in [-0.3, -0.25) is 4.90 Å². The molecule has 0 bridgehead atoms. The summed E-state index contributed by atoms with van der Waals surface area (Å²) in [5.74, 6) is 0.969. The zero-order chi connectivity index (χ0) is 7.84. The average Bonchev–Trinajstić information content (AvgIpc) is 2.29. The summed E-state index contributed by atoms with van der Waals surface area (Å²) in [5, 5.41) is 0. The average molecular weight is 154 g/mol. The van der Waals surface area contributed by atoms with Gasteiger partial charge < -0.3 is 5.73 Å². The molecule has 2 N–H and O–H groups in total. The summed E-state index contributed by atoms with van der Waals surface area (Å²) >= 11 is 0. The van der Waals surface area contributed by atoms with Gasteiger partial charge in [-0.25, -0.2) is 0 Å². The third-order valence-corrected chi connectivity index (χ3v) is 3.12. The Labute approximate surface area is 68.7 Å². The van der Waals surface area contributed by atoms with E-state index in [4.69, 9.17) is 5.73 Å². The summed E-state index contributed by atoms with van der Waals surface area (Å²) in [6, 6.07) is 1.35. The maximum absolute atomic E-state index is 5.83. The van der Waals surface area contributed by atoms with Crippen LogP contribution in [0.2, 0.25) is 0 Å². The molecule has 1 heterocycles. The van der Waals surface area contributed by atoms with Crippen LogP contribution >= 0.6 is 0 Å². The molecule has 1 aliphatic carbocycles. The van der Waals surface area contributed by atoms with Gasteiger partial charge in [-0.2, -0.15) is 0 Å². The summed E-state index contributed by atoms with van der Waals surface area (Å²) in [5.41, 5.74) is 5.83. The number of nitrogens with zero attached hydrogens (tertiary/aromatic N) is 1. The molecule has 0 aromatic rings. The first kappa shape index (κ1) is 7.56. The van der Waals surface area contributed by atoms with Gasteiger partial charge in [0.15, 0.2) is 0 Å². The lowest BCUT2D eigenvalue weighted by Gasteiger charge is -2.39. The van der Waals surface area contributed by atoms with Crippen LogP contribution in [0.25, 0.3) is 0 Å². The first-order chi connectivity index (χ1) is 5.25. The summed E-state index contributed by atoms with van der Waals surface area (Å²) in [4.78, 5) is 2.57. The van der Waals surface area contributed by atoms with Crippen molar-refractivity contribution in [1.29, 1.82) is 0 Å². The maximum atomic E-state index is 5.83. The molecule has 0 amide bonds. The minimum atomic E-state index is 0.464. The van der Waals surface area contributed by atoms with Crippen molar-refractivity contribution >= 4 is 0 Å². The van der Waals surface area contributed by atoms with Crippen molar-refractivity contribution in [3.8, 4) is 0 Å². The molecule has 1 atom stereocenters. The van der Waals surface area contributed by atoms with Gasteiger partial charge in [-0.1, -0.05) is 6.92 Å². The van der Waals surface area contributed by atoms with Crippen LogP contribution in [0.1, 0.15) is 26.2 Å². The Morgan fingerprint density at radius 3 is 2.55 bits per heavy atom. The minimum Gasteiger partial charge on any atom is -0.326 e. The quantitative estimate of drug-likeness (QED) is 0.606. The largest absolute Gasteiger partial charge is 0.326 e. The van der Waals surface area contributed by atoms with Crippen molar-refractivity contribution in [2.45, 2.75) is 38.3 Å². The Bertz CT molecular complexity index is 140. The van der Waals surface area contributed by atoms with Crippen LogP contribution in [0.4, 0.5) is 0 Å². The Morgan fingerprint density at radius 2 is 2.09 bits per heavy atom. The highest BCUT2D eigenvalue weighted by molar-refractivity contribution is 4.90. The third kappa shape index (κ3) is 1.42. The van der Waals surface area contributed by atoms with E-state index in [-0.39, 0.29) is 0 Å². The Balaban J connectivity index is 1.79. The molecule has 11 heavy (non-hydrogen) atoms. The second-order valence-electron chi connectivity index (χ2n) is 4.27. The zero-order valence-electron chi connectivity index (χ0n) is 7.29. The van der Waals surface area contributed by atoms with Crippen LogP contribution in [0, 0.1) is 5.92 Å². The first-order valence-corrected chi connectivity index (χ1v) is 4.75. The molecule has 1 saturated carbocycles. The smallest absolute Gasteiger partial charge is 0.0180 e. The summed E-state index contributed by atoms with van der Waals surface area (Å²) in [7, 11) is 0. The predicted octanol–water partition coefficient (Wildman–Crippen LogP) is 0.818. The molecule has 2 rings (SSSR count). The molecule has 0 radical (unpaired) electrons. The van der Waals surface area contributed by atoms with E-state index >= 15 is 0 Å². The molecular formula is C9H18N2. The van der Waals surface area contributed by atoms with E-state index in [2.05, 4.69) is 11.8 Å². The molecule has 0 spiro atoms. The lowest BCUT2D eigenvalue weighted by molar-refractivity contribution is 0.108. The molecule has 2 nitrogen and oxygen atoms in total. The molecule has 2 aliphatic rings. The molecule has 2 heteroatoms. The molecule has 64 valence electrons. The fourth-order valence-electron chi connectivity index (χ4n) is 2.31. The fraction of sp³-hybridized carbons (Fsp3) is 1.00. The molecule has 0 aromatic carbocycles. The van der Waals surface area contributed by atoms with Crippen LogP contribution in [0.5, 0.6) is 0 Å². The normalized spacial score (nSPS) is 45.8. The Morgan fingerprint density at radius 1 is 1.36 bits per heavy atom. The van der Waals surface area contributed by atoms with Gasteiger partial charge >= 0.3 is 0 Å². The van der Waals surface area contributed by atoms with E-state index in [0.717, 1.165) is 18.5 Å². The highest BCUT2D eigenvalue weighted by Gasteiger charge is 2.33. The van der Waals surface area contributed by atoms with Gasteiger partial charge in [-0.15, -0.1) is 0 Å². The Kier molecular flexibility index (Phi) is 1.90. The lowest BCUT2D eigenvalue weighted by atomic mass is 9.81. The van der Waals surface area contributed by atoms with Gasteiger partial charge in [0.25, 0.3) is 0 Å². The molecule has 1 saturated heterocycles. The number of likely N-dealkylation sites (tertiary alicyclic amines) is 1. The van der Waals surface area contributed by atoms with Crippen molar-refractivity contribution in [1.82, 2.24) is 4.90 Å². The zero-order valence-corrected chi connectivity index (χ0v) is 7.29. The van der Waals surface area contributed by atoms with Gasteiger partial charge in [0, 0.05) is 25.2 Å². The lowest BCUT2D eigenvalue weighted by Crippen LogP contribution is -2.43. The van der Waals surface area contributed by atoms with Crippen molar-refractivity contribution in [3.63, 3.8) is 0 Å². The summed E-state index contributed by atoms with van der Waals surface area (Å²) < 4.78 is 0. The predicted molar refractivity (Wildman–Crippen MR) is 46.4 cm³/mol. The molecule has 2 fully saturated rings. The second-order valence-corrected chi connectivity index (χ2v) is 4.27. The Hall–Kier alpha value is -0.0800. The van der Waals surface area contributed by atoms with Crippen LogP contribution in [0.3, 0.4) is 0 Å². The summed E-state index contributed by atoms with van der Waals surface area (Å²) in [6.07, 6.45) is 4.03. The van der Waals surface area contributed by atoms with E-state index < -0.39 is 0 Å². The third-order valence-electron chi connectivity index (χ3n) is 3.12. The van der Waals surface area contributed by atoms with Crippen LogP contribution in [-0.2, 0) is 0 Å². The fourth-order valence-corrected chi connectivity index (χ4v) is 2.31. The first-order valence-electron chi connectivity index (χ1n) is 4.75. The minimum absolute atomic E-state index is 0.464. The molecule has 0 unspecified atom stereocenters. The van der Waals surface area contributed by atoms with Gasteiger partial charge in [0.2, 0.25) is 0 Å². The van der Waals surface area contributed by atoms with Gasteiger partial charge in [0.05, 0.1) is 0 Å². The van der Waals surface area contributed by atoms with Crippen molar-refractivity contribution < 1.29 is 0 Å². The van der Waals surface area contributed by atoms with Crippen LogP contribution in [-0.4, -0.2) is 30.1 Å². The monoisotopic (exact) mass is 154 g/mol. The van der Waals surface area contributed by atoms with Crippen LogP contribution < -0.4 is 5.73 Å². The summed E-state index contributed by atoms with van der Waals surface area (Å²) in [6.45, 7) is 4.74. The van der Waals surface area contributed by atoms with Gasteiger partial charge in [0.1, 0.15) is 0 Å². The number of hydrogen-bond donors (Lipinski definition) is 1. The van der Waals surface area contributed by atoms with E-state index in [9.17, 15) is 0 Å². The van der Waals surface area contributed by atoms with E-state index in [1.807, 2.05) is 0 Å². The van der Waals surface area contributed by atoms with Crippen molar-refractivity contribution in [3.05, 3.63) is 0 Å². The molecule has 0 aromatic heterocycles. The topological polar surface area (TPSA) is 29.3 Å².